The average Bonchev–Trinajstić information content (AvgIpc) is 3.52. The lowest BCUT2D eigenvalue weighted by atomic mass is 10.1. The molecule has 0 aliphatic heterocycles. The Morgan fingerprint density at radius 1 is 1.15 bits per heavy atom. The predicted molar refractivity (Wildman–Crippen MR) is 125 cm³/mol. The molecular formula is C21H20BrF2N2O6PS. The van der Waals surface area contributed by atoms with Crippen molar-refractivity contribution >= 4 is 33.4 Å². The smallest absolute Gasteiger partial charge is 0.320 e. The molecule has 1 fully saturated rings. The molecule has 4 rings (SSSR count). The third-order valence-corrected chi connectivity index (χ3v) is 8.34. The lowest BCUT2D eigenvalue weighted by molar-refractivity contribution is 0.0557. The number of alkyl halides is 2. The zero-order valence-electron chi connectivity index (χ0n) is 17.7. The van der Waals surface area contributed by atoms with Crippen molar-refractivity contribution in [3.8, 4) is 11.3 Å². The van der Waals surface area contributed by atoms with Crippen molar-refractivity contribution in [1.29, 1.82) is 0 Å². The van der Waals surface area contributed by atoms with Crippen molar-refractivity contribution < 1.29 is 31.6 Å². The Morgan fingerprint density at radius 2 is 1.76 bits per heavy atom. The fourth-order valence-electron chi connectivity index (χ4n) is 3.61. The second kappa shape index (κ2) is 8.53. The van der Waals surface area contributed by atoms with E-state index in [0.717, 1.165) is 25.2 Å². The zero-order valence-corrected chi connectivity index (χ0v) is 21.0. The van der Waals surface area contributed by atoms with Gasteiger partial charge in [-0.25, -0.2) is 13.2 Å². The largest absolute Gasteiger partial charge is 0.399 e. The topological polar surface area (TPSA) is 119 Å². The highest BCUT2D eigenvalue weighted by molar-refractivity contribution is 9.10. The summed E-state index contributed by atoms with van der Waals surface area (Å²) in [5, 5.41) is 0. The molecule has 1 aromatic heterocycles. The van der Waals surface area contributed by atoms with Gasteiger partial charge in [0.25, 0.3) is 0 Å². The third-order valence-electron chi connectivity index (χ3n) is 5.59. The molecule has 2 aromatic carbocycles. The molecule has 0 spiro atoms. The number of hydrogen-bond donors (Lipinski definition) is 2. The minimum atomic E-state index is -5.74. The van der Waals surface area contributed by atoms with Crippen LogP contribution < -0.4 is 5.69 Å². The Kier molecular flexibility index (Phi) is 6.27. The average molecular weight is 577 g/mol. The van der Waals surface area contributed by atoms with Gasteiger partial charge in [-0.1, -0.05) is 40.2 Å². The fourth-order valence-corrected chi connectivity index (χ4v) is 5.58. The van der Waals surface area contributed by atoms with Gasteiger partial charge in [0, 0.05) is 28.5 Å². The molecule has 1 aliphatic rings. The van der Waals surface area contributed by atoms with E-state index in [2.05, 4.69) is 15.9 Å². The molecule has 0 atom stereocenters. The molecule has 34 heavy (non-hydrogen) atoms. The summed E-state index contributed by atoms with van der Waals surface area (Å²) < 4.78 is 65.9. The number of sulfone groups is 1. The Balaban J connectivity index is 1.75. The Hall–Kier alpha value is -2.11. The highest BCUT2D eigenvalue weighted by atomic mass is 79.9. The highest BCUT2D eigenvalue weighted by Gasteiger charge is 2.51. The number of aromatic nitrogens is 2. The highest BCUT2D eigenvalue weighted by Crippen LogP contribution is 2.60. The summed E-state index contributed by atoms with van der Waals surface area (Å²) in [6.07, 6.45) is 4.50. The van der Waals surface area contributed by atoms with Gasteiger partial charge < -0.3 is 9.79 Å². The molecule has 1 heterocycles. The summed E-state index contributed by atoms with van der Waals surface area (Å²) in [7, 11) is -9.13. The number of nitrogens with zero attached hydrogens (tertiary/aromatic N) is 2. The number of hydrogen-bond acceptors (Lipinski definition) is 4. The van der Waals surface area contributed by atoms with Gasteiger partial charge >= 0.3 is 18.9 Å². The van der Waals surface area contributed by atoms with Gasteiger partial charge in [0.2, 0.25) is 0 Å². The predicted octanol–water partition coefficient (Wildman–Crippen LogP) is 4.09. The summed E-state index contributed by atoms with van der Waals surface area (Å²) in [5.41, 5.74) is -3.95. The van der Waals surface area contributed by atoms with Gasteiger partial charge in [-0.2, -0.15) is 8.78 Å². The number of imidazole rings is 1. The van der Waals surface area contributed by atoms with E-state index in [1.807, 2.05) is 0 Å². The van der Waals surface area contributed by atoms with Crippen molar-refractivity contribution in [3.63, 3.8) is 0 Å². The standard InChI is InChI=1S/C21H20BrF2N2O6PS/c1-34(31,32)16-7-3-14(4-8-16)19-12-25(15-5-6-15)20(27)26(19)11-13-2-9-17(18(22)10-13)21(23,24)33(28,29)30/h2-4,7-10,12,15H,5-6,11H2,1H3,(H2,28,29,30). The van der Waals surface area contributed by atoms with Crippen LogP contribution in [-0.4, -0.2) is 33.6 Å². The van der Waals surface area contributed by atoms with Gasteiger partial charge in [-0.3, -0.25) is 13.7 Å². The van der Waals surface area contributed by atoms with Crippen LogP contribution in [0.5, 0.6) is 0 Å². The van der Waals surface area contributed by atoms with Crippen LogP contribution in [0.3, 0.4) is 0 Å². The van der Waals surface area contributed by atoms with E-state index in [9.17, 15) is 26.6 Å². The summed E-state index contributed by atoms with van der Waals surface area (Å²) in [6.45, 7) is 0.00206. The molecule has 0 bridgehead atoms. The van der Waals surface area contributed by atoms with Crippen molar-refractivity contribution in [2.24, 2.45) is 0 Å². The number of halogens is 3. The van der Waals surface area contributed by atoms with Gasteiger partial charge in [-0.05, 0) is 42.2 Å². The lowest BCUT2D eigenvalue weighted by Gasteiger charge is -2.19. The minimum Gasteiger partial charge on any atom is -0.320 e. The van der Waals surface area contributed by atoms with E-state index in [4.69, 9.17) is 9.79 Å². The lowest BCUT2D eigenvalue weighted by Crippen LogP contribution is -2.24. The van der Waals surface area contributed by atoms with Crippen molar-refractivity contribution in [2.75, 3.05) is 6.26 Å². The Labute approximate surface area is 202 Å². The van der Waals surface area contributed by atoms with Crippen molar-refractivity contribution in [2.45, 2.75) is 36.0 Å². The second-order valence-electron chi connectivity index (χ2n) is 8.22. The summed E-state index contributed by atoms with van der Waals surface area (Å²) in [6, 6.07) is 9.64. The summed E-state index contributed by atoms with van der Waals surface area (Å²) in [4.78, 5) is 31.3. The molecule has 1 aliphatic carbocycles. The first-order valence-electron chi connectivity index (χ1n) is 10.0. The molecule has 0 unspecified atom stereocenters. The number of rotatable bonds is 7. The van der Waals surface area contributed by atoms with Crippen LogP contribution in [0.2, 0.25) is 0 Å². The molecule has 0 saturated heterocycles. The monoisotopic (exact) mass is 576 g/mol. The maximum Gasteiger partial charge on any atom is 0.399 e. The molecule has 1 saturated carbocycles. The van der Waals surface area contributed by atoms with Crippen LogP contribution in [0.25, 0.3) is 11.3 Å². The maximum atomic E-state index is 14.2. The molecule has 2 N–H and O–H groups in total. The molecule has 8 nitrogen and oxygen atoms in total. The molecule has 182 valence electrons. The second-order valence-corrected chi connectivity index (χ2v) is 12.7. The van der Waals surface area contributed by atoms with Gasteiger partial charge in [-0.15, -0.1) is 0 Å². The molecule has 0 amide bonds. The first-order chi connectivity index (χ1) is 15.7. The van der Waals surface area contributed by atoms with Crippen molar-refractivity contribution in [1.82, 2.24) is 9.13 Å². The molecule has 0 radical (unpaired) electrons. The Bertz CT molecular complexity index is 1470. The van der Waals surface area contributed by atoms with E-state index in [1.165, 1.54) is 28.8 Å². The van der Waals surface area contributed by atoms with E-state index in [-0.39, 0.29) is 27.6 Å². The van der Waals surface area contributed by atoms with Crippen LogP contribution >= 0.6 is 23.5 Å². The van der Waals surface area contributed by atoms with Gasteiger partial charge in [0.1, 0.15) is 0 Å². The number of benzene rings is 2. The van der Waals surface area contributed by atoms with Crippen molar-refractivity contribution in [3.05, 3.63) is 74.7 Å². The minimum absolute atomic E-state index is 0.00206. The van der Waals surface area contributed by atoms with E-state index in [1.54, 1.807) is 22.9 Å². The summed E-state index contributed by atoms with van der Waals surface area (Å²) in [5.74, 6) is 0. The van der Waals surface area contributed by atoms with Crippen LogP contribution in [-0.2, 0) is 26.6 Å². The quantitative estimate of drug-likeness (QED) is 0.409. The van der Waals surface area contributed by atoms with Crippen LogP contribution in [0.1, 0.15) is 30.0 Å². The maximum absolute atomic E-state index is 14.2. The van der Waals surface area contributed by atoms with Crippen LogP contribution in [0.15, 0.2) is 62.8 Å². The fraction of sp³-hybridized carbons (Fsp3) is 0.286. The molecule has 13 heteroatoms. The zero-order chi connectivity index (χ0) is 25.1. The van der Waals surface area contributed by atoms with Gasteiger partial charge in [0.15, 0.2) is 9.84 Å². The normalized spacial score (nSPS) is 15.0. The Morgan fingerprint density at radius 3 is 2.26 bits per heavy atom. The first-order valence-corrected chi connectivity index (χ1v) is 14.3. The molecular weight excluding hydrogens is 557 g/mol. The van der Waals surface area contributed by atoms with Gasteiger partial charge in [0.05, 0.1) is 17.1 Å². The SMILES string of the molecule is CS(=O)(=O)c1ccc(-c2cn(C3CC3)c(=O)n2Cc2ccc(C(F)(F)P(=O)(O)O)c(Br)c2)cc1. The third kappa shape index (κ3) is 4.70. The first kappa shape index (κ1) is 25.0. The molecule has 3 aromatic rings. The van der Waals surface area contributed by atoms with E-state index < -0.39 is 28.7 Å². The van der Waals surface area contributed by atoms with Crippen LogP contribution in [0, 0.1) is 0 Å². The summed E-state index contributed by atoms with van der Waals surface area (Å²) >= 11 is 2.96. The van der Waals surface area contributed by atoms with Crippen LogP contribution in [0.4, 0.5) is 8.78 Å². The van der Waals surface area contributed by atoms with E-state index >= 15 is 0 Å². The van der Waals surface area contributed by atoms with E-state index in [0.29, 0.717) is 16.8 Å².